The largest absolute Gasteiger partial charge is 0.352 e. The van der Waals surface area contributed by atoms with Crippen LogP contribution in [0.15, 0.2) is 24.3 Å². The van der Waals surface area contributed by atoms with Gasteiger partial charge >= 0.3 is 0 Å². The van der Waals surface area contributed by atoms with Crippen molar-refractivity contribution in [1.82, 2.24) is 10.6 Å². The Morgan fingerprint density at radius 1 is 1.20 bits per heavy atom. The van der Waals surface area contributed by atoms with Crippen LogP contribution in [-0.4, -0.2) is 18.5 Å². The van der Waals surface area contributed by atoms with Gasteiger partial charge in [0.25, 0.3) is 0 Å². The Morgan fingerprint density at radius 2 is 1.95 bits per heavy atom. The molecule has 0 saturated heterocycles. The second kappa shape index (κ2) is 5.96. The van der Waals surface area contributed by atoms with Gasteiger partial charge in [0, 0.05) is 12.6 Å². The number of carbonyl (C=O) groups excluding carboxylic acids is 1. The molecule has 3 heteroatoms. The molecule has 1 unspecified atom stereocenters. The van der Waals surface area contributed by atoms with Crippen LogP contribution in [0.3, 0.4) is 0 Å². The van der Waals surface area contributed by atoms with Gasteiger partial charge < -0.3 is 10.6 Å². The molecule has 1 saturated carbocycles. The predicted molar refractivity (Wildman–Crippen MR) is 80.5 cm³/mol. The number of carbonyl (C=O) groups is 1. The molecule has 1 fully saturated rings. The van der Waals surface area contributed by atoms with Crippen molar-refractivity contribution in [2.45, 2.75) is 51.1 Å². The van der Waals surface area contributed by atoms with Crippen LogP contribution in [0.25, 0.3) is 0 Å². The lowest BCUT2D eigenvalue weighted by molar-refractivity contribution is -0.124. The normalized spacial score (nSPS) is 29.6. The highest BCUT2D eigenvalue weighted by Crippen LogP contribution is 2.26. The highest BCUT2D eigenvalue weighted by Gasteiger charge is 2.28. The summed E-state index contributed by atoms with van der Waals surface area (Å²) in [4.78, 5) is 12.5. The van der Waals surface area contributed by atoms with Gasteiger partial charge in [0.1, 0.15) is 6.04 Å². The molecule has 1 aromatic rings. The smallest absolute Gasteiger partial charge is 0.241 e. The molecular weight excluding hydrogens is 248 g/mol. The van der Waals surface area contributed by atoms with Gasteiger partial charge in [0.15, 0.2) is 0 Å². The van der Waals surface area contributed by atoms with E-state index in [0.29, 0.717) is 6.04 Å². The van der Waals surface area contributed by atoms with E-state index in [1.165, 1.54) is 18.4 Å². The van der Waals surface area contributed by atoms with E-state index in [9.17, 15) is 4.79 Å². The second-order valence-electron chi connectivity index (χ2n) is 6.30. The molecule has 108 valence electrons. The van der Waals surface area contributed by atoms with Crippen molar-refractivity contribution in [2.75, 3.05) is 6.54 Å². The minimum atomic E-state index is -0.167. The molecule has 2 N–H and O–H groups in total. The molecule has 0 bridgehead atoms. The summed E-state index contributed by atoms with van der Waals surface area (Å²) in [7, 11) is 0. The molecule has 1 aromatic carbocycles. The summed E-state index contributed by atoms with van der Waals surface area (Å²) in [6.07, 6.45) is 5.74. The van der Waals surface area contributed by atoms with Gasteiger partial charge in [-0.15, -0.1) is 0 Å². The Balaban J connectivity index is 1.66. The fourth-order valence-electron chi connectivity index (χ4n) is 3.43. The van der Waals surface area contributed by atoms with E-state index in [-0.39, 0.29) is 11.9 Å². The van der Waals surface area contributed by atoms with Crippen LogP contribution in [-0.2, 0) is 11.2 Å². The van der Waals surface area contributed by atoms with Gasteiger partial charge in [-0.25, -0.2) is 0 Å². The molecule has 2 aliphatic rings. The van der Waals surface area contributed by atoms with E-state index in [1.54, 1.807) is 0 Å². The number of fused-ring (bicyclic) bond motifs is 1. The summed E-state index contributed by atoms with van der Waals surface area (Å²) < 4.78 is 0. The van der Waals surface area contributed by atoms with Crippen LogP contribution in [0.5, 0.6) is 0 Å². The van der Waals surface area contributed by atoms with Crippen LogP contribution in [0.2, 0.25) is 0 Å². The minimum absolute atomic E-state index is 0.150. The van der Waals surface area contributed by atoms with Crippen molar-refractivity contribution in [1.29, 1.82) is 0 Å². The molecule has 1 heterocycles. The first-order valence-electron chi connectivity index (χ1n) is 7.85. The number of benzene rings is 1. The van der Waals surface area contributed by atoms with Crippen molar-refractivity contribution < 1.29 is 4.79 Å². The first-order chi connectivity index (χ1) is 9.74. The lowest BCUT2D eigenvalue weighted by Crippen LogP contribution is -2.46. The maximum atomic E-state index is 12.5. The zero-order valence-corrected chi connectivity index (χ0v) is 12.2. The Hall–Kier alpha value is -1.35. The fourth-order valence-corrected chi connectivity index (χ4v) is 3.43. The van der Waals surface area contributed by atoms with E-state index in [4.69, 9.17) is 0 Å². The molecular formula is C17H24N2O. The molecule has 1 aliphatic carbocycles. The number of nitrogens with one attached hydrogen (secondary N) is 2. The second-order valence-corrected chi connectivity index (χ2v) is 6.30. The van der Waals surface area contributed by atoms with Crippen LogP contribution < -0.4 is 10.6 Å². The Kier molecular flexibility index (Phi) is 4.06. The van der Waals surface area contributed by atoms with E-state index in [0.717, 1.165) is 37.3 Å². The van der Waals surface area contributed by atoms with Gasteiger partial charge in [-0.1, -0.05) is 31.2 Å². The third-order valence-corrected chi connectivity index (χ3v) is 4.73. The first-order valence-corrected chi connectivity index (χ1v) is 7.85. The molecule has 1 atom stereocenters. The van der Waals surface area contributed by atoms with Crippen molar-refractivity contribution >= 4 is 5.91 Å². The Morgan fingerprint density at radius 3 is 2.75 bits per heavy atom. The summed E-state index contributed by atoms with van der Waals surface area (Å²) in [6.45, 7) is 3.19. The minimum Gasteiger partial charge on any atom is -0.352 e. The third-order valence-electron chi connectivity index (χ3n) is 4.73. The highest BCUT2D eigenvalue weighted by molar-refractivity contribution is 5.84. The monoisotopic (exact) mass is 272 g/mol. The summed E-state index contributed by atoms with van der Waals surface area (Å²) in [5.41, 5.74) is 2.46. The number of rotatable bonds is 2. The lowest BCUT2D eigenvalue weighted by atomic mass is 9.87. The summed E-state index contributed by atoms with van der Waals surface area (Å²) in [5.74, 6) is 0.966. The average molecular weight is 272 g/mol. The average Bonchev–Trinajstić information content (AvgIpc) is 2.49. The Labute approximate surface area is 121 Å². The van der Waals surface area contributed by atoms with Gasteiger partial charge in [0.2, 0.25) is 5.91 Å². The summed E-state index contributed by atoms with van der Waals surface area (Å²) in [6, 6.07) is 8.50. The van der Waals surface area contributed by atoms with E-state index >= 15 is 0 Å². The molecule has 20 heavy (non-hydrogen) atoms. The van der Waals surface area contributed by atoms with Crippen LogP contribution >= 0.6 is 0 Å². The van der Waals surface area contributed by atoms with Crippen LogP contribution in [0.4, 0.5) is 0 Å². The number of hydrogen-bond donors (Lipinski definition) is 2. The van der Waals surface area contributed by atoms with Gasteiger partial charge in [0.05, 0.1) is 0 Å². The maximum Gasteiger partial charge on any atom is 0.241 e. The molecule has 0 radical (unpaired) electrons. The van der Waals surface area contributed by atoms with E-state index in [1.807, 2.05) is 6.07 Å². The molecule has 1 aliphatic heterocycles. The van der Waals surface area contributed by atoms with Crippen molar-refractivity contribution in [3.05, 3.63) is 35.4 Å². The quantitative estimate of drug-likeness (QED) is 0.869. The number of amides is 1. The standard InChI is InChI=1S/C17H24N2O/c1-12-6-8-14(9-7-12)19-17(20)16-15-5-3-2-4-13(15)10-11-18-16/h2-5,12,14,16,18H,6-11H2,1H3,(H,19,20). The summed E-state index contributed by atoms with van der Waals surface area (Å²) in [5, 5.41) is 6.61. The SMILES string of the molecule is CC1CCC(NC(=O)C2NCCc3ccccc32)CC1. The van der Waals surface area contributed by atoms with Crippen LogP contribution in [0, 0.1) is 5.92 Å². The van der Waals surface area contributed by atoms with E-state index < -0.39 is 0 Å². The first kappa shape index (κ1) is 13.6. The number of hydrogen-bond acceptors (Lipinski definition) is 2. The lowest BCUT2D eigenvalue weighted by Gasteiger charge is -2.31. The zero-order valence-electron chi connectivity index (χ0n) is 12.2. The topological polar surface area (TPSA) is 41.1 Å². The molecule has 1 amide bonds. The van der Waals surface area contributed by atoms with Crippen molar-refractivity contribution in [3.63, 3.8) is 0 Å². The van der Waals surface area contributed by atoms with Crippen LogP contribution in [0.1, 0.15) is 49.8 Å². The third kappa shape index (κ3) is 2.88. The molecule has 0 aromatic heterocycles. The van der Waals surface area contributed by atoms with Gasteiger partial charge in [-0.3, -0.25) is 4.79 Å². The van der Waals surface area contributed by atoms with Gasteiger partial charge in [-0.2, -0.15) is 0 Å². The highest BCUT2D eigenvalue weighted by atomic mass is 16.2. The molecule has 3 rings (SSSR count). The van der Waals surface area contributed by atoms with Crippen molar-refractivity contribution in [3.8, 4) is 0 Å². The Bertz CT molecular complexity index is 478. The predicted octanol–water partition coefficient (Wildman–Crippen LogP) is 2.57. The molecule has 0 spiro atoms. The van der Waals surface area contributed by atoms with Gasteiger partial charge in [-0.05, 0) is 49.1 Å². The summed E-state index contributed by atoms with van der Waals surface area (Å²) >= 11 is 0. The van der Waals surface area contributed by atoms with E-state index in [2.05, 4.69) is 35.8 Å². The zero-order chi connectivity index (χ0) is 13.9. The maximum absolute atomic E-state index is 12.5. The fraction of sp³-hybridized carbons (Fsp3) is 0.588. The molecule has 3 nitrogen and oxygen atoms in total. The van der Waals surface area contributed by atoms with Crippen molar-refractivity contribution in [2.24, 2.45) is 5.92 Å².